The van der Waals surface area contributed by atoms with Gasteiger partial charge in [0.1, 0.15) is 6.04 Å². The van der Waals surface area contributed by atoms with Crippen LogP contribution < -0.4 is 5.32 Å². The first kappa shape index (κ1) is 16.0. The Balaban J connectivity index is 2.51. The van der Waals surface area contributed by atoms with E-state index in [1.807, 2.05) is 13.8 Å². The molecule has 0 radical (unpaired) electrons. The van der Waals surface area contributed by atoms with Crippen molar-refractivity contribution in [2.75, 3.05) is 13.6 Å². The van der Waals surface area contributed by atoms with Crippen LogP contribution in [0.1, 0.15) is 52.4 Å². The fourth-order valence-electron chi connectivity index (χ4n) is 2.73. The van der Waals surface area contributed by atoms with E-state index in [9.17, 15) is 14.7 Å². The van der Waals surface area contributed by atoms with E-state index in [0.29, 0.717) is 25.8 Å². The fraction of sp³-hybridized carbons (Fsp3) is 0.857. The number of nitrogens with one attached hydrogen (secondary N) is 1. The standard InChI is InChI=1S/C14H26N2O3/c1-4-7-14(19,8-5-2)10-12(17)15-11-6-9-16(3)13(11)18/h11,19H,4-10H2,1-3H3,(H,15,17). The molecule has 1 heterocycles. The van der Waals surface area contributed by atoms with E-state index in [-0.39, 0.29) is 18.2 Å². The Morgan fingerprint density at radius 3 is 2.42 bits per heavy atom. The number of aliphatic hydroxyl groups is 1. The molecular weight excluding hydrogens is 244 g/mol. The number of carbonyl (C=O) groups excluding carboxylic acids is 2. The largest absolute Gasteiger partial charge is 0.389 e. The molecule has 0 saturated carbocycles. The first-order valence-electron chi connectivity index (χ1n) is 7.18. The lowest BCUT2D eigenvalue weighted by Crippen LogP contribution is -2.44. The Kier molecular flexibility index (Phi) is 5.79. The monoisotopic (exact) mass is 270 g/mol. The first-order chi connectivity index (χ1) is 8.91. The Hall–Kier alpha value is -1.10. The topological polar surface area (TPSA) is 69.6 Å². The molecule has 1 saturated heterocycles. The van der Waals surface area contributed by atoms with Gasteiger partial charge < -0.3 is 15.3 Å². The van der Waals surface area contributed by atoms with E-state index in [1.165, 1.54) is 0 Å². The van der Waals surface area contributed by atoms with E-state index in [1.54, 1.807) is 11.9 Å². The molecule has 19 heavy (non-hydrogen) atoms. The van der Waals surface area contributed by atoms with Gasteiger partial charge in [-0.3, -0.25) is 9.59 Å². The highest BCUT2D eigenvalue weighted by molar-refractivity contribution is 5.89. The van der Waals surface area contributed by atoms with Crippen molar-refractivity contribution in [2.24, 2.45) is 0 Å². The molecule has 1 atom stereocenters. The van der Waals surface area contributed by atoms with Gasteiger partial charge >= 0.3 is 0 Å². The van der Waals surface area contributed by atoms with Crippen LogP contribution >= 0.6 is 0 Å². The van der Waals surface area contributed by atoms with Crippen molar-refractivity contribution in [3.63, 3.8) is 0 Å². The zero-order valence-corrected chi connectivity index (χ0v) is 12.2. The van der Waals surface area contributed by atoms with Gasteiger partial charge in [-0.25, -0.2) is 0 Å². The number of amides is 2. The van der Waals surface area contributed by atoms with Gasteiger partial charge in [-0.15, -0.1) is 0 Å². The van der Waals surface area contributed by atoms with Gasteiger partial charge in [0.2, 0.25) is 11.8 Å². The number of hydrogen-bond acceptors (Lipinski definition) is 3. The maximum atomic E-state index is 12.0. The minimum Gasteiger partial charge on any atom is -0.389 e. The molecule has 0 aromatic carbocycles. The zero-order chi connectivity index (χ0) is 14.5. The van der Waals surface area contributed by atoms with Crippen molar-refractivity contribution in [2.45, 2.75) is 64.0 Å². The van der Waals surface area contributed by atoms with Gasteiger partial charge in [0, 0.05) is 13.6 Å². The second kappa shape index (κ2) is 6.89. The molecule has 110 valence electrons. The maximum absolute atomic E-state index is 12.0. The predicted molar refractivity (Wildman–Crippen MR) is 73.6 cm³/mol. The number of likely N-dealkylation sites (N-methyl/N-ethyl adjacent to an activating group) is 1. The summed E-state index contributed by atoms with van der Waals surface area (Å²) in [6.45, 7) is 4.67. The molecular formula is C14H26N2O3. The number of nitrogens with zero attached hydrogens (tertiary/aromatic N) is 1. The molecule has 2 N–H and O–H groups in total. The molecule has 5 heteroatoms. The van der Waals surface area contributed by atoms with E-state index in [4.69, 9.17) is 0 Å². The van der Waals surface area contributed by atoms with Crippen molar-refractivity contribution in [3.05, 3.63) is 0 Å². The predicted octanol–water partition coefficient (Wildman–Crippen LogP) is 1.05. The van der Waals surface area contributed by atoms with Gasteiger partial charge in [0.25, 0.3) is 0 Å². The summed E-state index contributed by atoms with van der Waals surface area (Å²) in [5.74, 6) is -0.263. The fourth-order valence-corrected chi connectivity index (χ4v) is 2.73. The SMILES string of the molecule is CCCC(O)(CCC)CC(=O)NC1CCN(C)C1=O. The van der Waals surface area contributed by atoms with E-state index in [0.717, 1.165) is 12.8 Å². The van der Waals surface area contributed by atoms with Crippen LogP contribution in [0.5, 0.6) is 0 Å². The van der Waals surface area contributed by atoms with Crippen molar-refractivity contribution in [1.29, 1.82) is 0 Å². The van der Waals surface area contributed by atoms with Crippen LogP contribution in [-0.2, 0) is 9.59 Å². The molecule has 1 rings (SSSR count). The third kappa shape index (κ3) is 4.49. The molecule has 2 amide bonds. The average molecular weight is 270 g/mol. The van der Waals surface area contributed by atoms with Crippen LogP contribution in [0.15, 0.2) is 0 Å². The van der Waals surface area contributed by atoms with Crippen LogP contribution in [0.2, 0.25) is 0 Å². The minimum atomic E-state index is -0.929. The Morgan fingerprint density at radius 1 is 1.42 bits per heavy atom. The van der Waals surface area contributed by atoms with Gasteiger partial charge in [-0.1, -0.05) is 26.7 Å². The summed E-state index contributed by atoms with van der Waals surface area (Å²) in [4.78, 5) is 25.3. The molecule has 1 aliphatic heterocycles. The average Bonchev–Trinajstić information content (AvgIpc) is 2.61. The summed E-state index contributed by atoms with van der Waals surface area (Å²) >= 11 is 0. The normalized spacial score (nSPS) is 19.9. The van der Waals surface area contributed by atoms with Gasteiger partial charge in [0.05, 0.1) is 12.0 Å². The molecule has 1 aliphatic rings. The Bertz CT molecular complexity index is 325. The summed E-state index contributed by atoms with van der Waals surface area (Å²) < 4.78 is 0. The van der Waals surface area contributed by atoms with Crippen molar-refractivity contribution < 1.29 is 14.7 Å². The van der Waals surface area contributed by atoms with Crippen molar-refractivity contribution in [3.8, 4) is 0 Å². The lowest BCUT2D eigenvalue weighted by atomic mass is 9.89. The van der Waals surface area contributed by atoms with E-state index in [2.05, 4.69) is 5.32 Å². The molecule has 0 spiro atoms. The highest BCUT2D eigenvalue weighted by atomic mass is 16.3. The number of hydrogen-bond donors (Lipinski definition) is 2. The highest BCUT2D eigenvalue weighted by Gasteiger charge is 2.33. The Labute approximate surface area is 115 Å². The van der Waals surface area contributed by atoms with Gasteiger partial charge in [0.15, 0.2) is 0 Å². The maximum Gasteiger partial charge on any atom is 0.244 e. The zero-order valence-electron chi connectivity index (χ0n) is 12.2. The lowest BCUT2D eigenvalue weighted by Gasteiger charge is -2.27. The van der Waals surface area contributed by atoms with Crippen LogP contribution in [0.4, 0.5) is 0 Å². The summed E-state index contributed by atoms with van der Waals surface area (Å²) in [6.07, 6.45) is 3.66. The summed E-state index contributed by atoms with van der Waals surface area (Å²) in [7, 11) is 1.74. The summed E-state index contributed by atoms with van der Waals surface area (Å²) in [5, 5.41) is 13.2. The lowest BCUT2D eigenvalue weighted by molar-refractivity contribution is -0.134. The van der Waals surface area contributed by atoms with Gasteiger partial charge in [-0.2, -0.15) is 0 Å². The second-order valence-electron chi connectivity index (χ2n) is 5.57. The number of carbonyl (C=O) groups is 2. The first-order valence-corrected chi connectivity index (χ1v) is 7.18. The molecule has 0 aliphatic carbocycles. The quantitative estimate of drug-likeness (QED) is 0.726. The number of likely N-dealkylation sites (tertiary alicyclic amines) is 1. The highest BCUT2D eigenvalue weighted by Crippen LogP contribution is 2.23. The smallest absolute Gasteiger partial charge is 0.244 e. The molecule has 5 nitrogen and oxygen atoms in total. The van der Waals surface area contributed by atoms with Crippen molar-refractivity contribution in [1.82, 2.24) is 10.2 Å². The summed E-state index contributed by atoms with van der Waals surface area (Å²) in [6, 6.07) is -0.412. The van der Waals surface area contributed by atoms with Crippen molar-refractivity contribution >= 4 is 11.8 Å². The second-order valence-corrected chi connectivity index (χ2v) is 5.57. The molecule has 0 aromatic heterocycles. The molecule has 0 bridgehead atoms. The molecule has 0 aromatic rings. The van der Waals surface area contributed by atoms with E-state index < -0.39 is 11.6 Å². The van der Waals surface area contributed by atoms with Crippen LogP contribution in [-0.4, -0.2) is 47.1 Å². The molecule has 1 unspecified atom stereocenters. The van der Waals surface area contributed by atoms with Crippen LogP contribution in [0.3, 0.4) is 0 Å². The van der Waals surface area contributed by atoms with Gasteiger partial charge in [-0.05, 0) is 19.3 Å². The van der Waals surface area contributed by atoms with Crippen LogP contribution in [0, 0.1) is 0 Å². The van der Waals surface area contributed by atoms with Crippen LogP contribution in [0.25, 0.3) is 0 Å². The minimum absolute atomic E-state index is 0.0390. The Morgan fingerprint density at radius 2 is 2.00 bits per heavy atom. The third-order valence-corrected chi connectivity index (χ3v) is 3.68. The summed E-state index contributed by atoms with van der Waals surface area (Å²) in [5.41, 5.74) is -0.929. The van der Waals surface area contributed by atoms with E-state index >= 15 is 0 Å². The molecule has 1 fully saturated rings. The number of rotatable bonds is 7. The third-order valence-electron chi connectivity index (χ3n) is 3.68.